The van der Waals surface area contributed by atoms with Crippen LogP contribution in [0.1, 0.15) is 31.5 Å². The standard InChI is InChI=1S/C8H10N2O2S2/c1-4(7(11)12)13-8-9-6(10-14-8)5-2-3-5/h4-5H,2-3H2,1H3,(H,11,12). The molecule has 2 rings (SSSR count). The molecule has 1 saturated carbocycles. The highest BCUT2D eigenvalue weighted by Gasteiger charge is 2.28. The van der Waals surface area contributed by atoms with E-state index in [4.69, 9.17) is 5.11 Å². The zero-order valence-electron chi connectivity index (χ0n) is 7.64. The maximum Gasteiger partial charge on any atom is 0.316 e. The van der Waals surface area contributed by atoms with Gasteiger partial charge in [0.2, 0.25) is 0 Å². The van der Waals surface area contributed by atoms with Gasteiger partial charge >= 0.3 is 5.97 Å². The van der Waals surface area contributed by atoms with Gasteiger partial charge in [0.25, 0.3) is 0 Å². The van der Waals surface area contributed by atoms with Crippen LogP contribution in [-0.2, 0) is 4.79 Å². The maximum atomic E-state index is 10.6. The van der Waals surface area contributed by atoms with E-state index >= 15 is 0 Å². The third-order valence-corrected chi connectivity index (χ3v) is 3.88. The van der Waals surface area contributed by atoms with Crippen LogP contribution in [0.15, 0.2) is 4.34 Å². The van der Waals surface area contributed by atoms with Gasteiger partial charge in [-0.05, 0) is 31.3 Å². The third-order valence-electron chi connectivity index (χ3n) is 1.99. The van der Waals surface area contributed by atoms with E-state index in [1.165, 1.54) is 36.1 Å². The lowest BCUT2D eigenvalue weighted by atomic mass is 10.4. The highest BCUT2D eigenvalue weighted by atomic mass is 32.2. The number of nitrogens with zero attached hydrogens (tertiary/aromatic N) is 2. The fourth-order valence-electron chi connectivity index (χ4n) is 0.977. The summed E-state index contributed by atoms with van der Waals surface area (Å²) in [6.07, 6.45) is 2.35. The first kappa shape index (κ1) is 9.92. The molecule has 1 aliphatic rings. The summed E-state index contributed by atoms with van der Waals surface area (Å²) in [5.41, 5.74) is 0. The second-order valence-corrected chi connectivity index (χ2v) is 5.63. The molecule has 1 heterocycles. The minimum atomic E-state index is -0.807. The highest BCUT2D eigenvalue weighted by Crippen LogP contribution is 2.40. The van der Waals surface area contributed by atoms with Gasteiger partial charge in [-0.1, -0.05) is 11.8 Å². The lowest BCUT2D eigenvalue weighted by Gasteiger charge is -2.00. The first-order chi connectivity index (χ1) is 6.66. The van der Waals surface area contributed by atoms with Crippen molar-refractivity contribution in [3.05, 3.63) is 5.82 Å². The van der Waals surface area contributed by atoms with Gasteiger partial charge in [0.15, 0.2) is 4.34 Å². The molecule has 0 aliphatic heterocycles. The molecule has 1 atom stereocenters. The Morgan fingerprint density at radius 1 is 1.71 bits per heavy atom. The number of hydrogen-bond donors (Lipinski definition) is 1. The Morgan fingerprint density at radius 3 is 3.00 bits per heavy atom. The van der Waals surface area contributed by atoms with E-state index in [0.29, 0.717) is 5.92 Å². The Hall–Kier alpha value is -0.620. The van der Waals surface area contributed by atoms with Gasteiger partial charge in [-0.2, -0.15) is 4.37 Å². The van der Waals surface area contributed by atoms with Gasteiger partial charge in [-0.15, -0.1) is 0 Å². The van der Waals surface area contributed by atoms with Crippen LogP contribution in [0.3, 0.4) is 0 Å². The van der Waals surface area contributed by atoms with Crippen molar-refractivity contribution in [1.29, 1.82) is 0 Å². The number of aromatic nitrogens is 2. The van der Waals surface area contributed by atoms with Crippen molar-refractivity contribution in [2.24, 2.45) is 0 Å². The van der Waals surface area contributed by atoms with Crippen LogP contribution in [0, 0.1) is 0 Å². The van der Waals surface area contributed by atoms with Crippen LogP contribution >= 0.6 is 23.3 Å². The van der Waals surface area contributed by atoms with E-state index in [1.807, 2.05) is 0 Å². The summed E-state index contributed by atoms with van der Waals surface area (Å²) in [7, 11) is 0. The number of rotatable bonds is 4. The third kappa shape index (κ3) is 2.24. The SMILES string of the molecule is CC(Sc1nc(C2CC2)ns1)C(=O)O. The van der Waals surface area contributed by atoms with E-state index in [1.54, 1.807) is 6.92 Å². The van der Waals surface area contributed by atoms with Gasteiger partial charge in [0.1, 0.15) is 11.1 Å². The second kappa shape index (κ2) is 3.86. The van der Waals surface area contributed by atoms with Gasteiger partial charge in [-0.3, -0.25) is 4.79 Å². The largest absolute Gasteiger partial charge is 0.480 e. The average molecular weight is 230 g/mol. The zero-order valence-corrected chi connectivity index (χ0v) is 9.27. The molecule has 1 aromatic heterocycles. The molecule has 0 amide bonds. The quantitative estimate of drug-likeness (QED) is 0.801. The average Bonchev–Trinajstić information content (AvgIpc) is 2.88. The fourth-order valence-corrected chi connectivity index (χ4v) is 2.74. The molecule has 1 aromatic rings. The molecule has 0 saturated heterocycles. The molecule has 14 heavy (non-hydrogen) atoms. The first-order valence-electron chi connectivity index (χ1n) is 4.40. The lowest BCUT2D eigenvalue weighted by molar-refractivity contribution is -0.136. The molecule has 0 radical (unpaired) electrons. The molecular weight excluding hydrogens is 220 g/mol. The summed E-state index contributed by atoms with van der Waals surface area (Å²) in [6.45, 7) is 1.66. The van der Waals surface area contributed by atoms with Gasteiger partial charge < -0.3 is 5.11 Å². The van der Waals surface area contributed by atoms with E-state index in [9.17, 15) is 4.79 Å². The summed E-state index contributed by atoms with van der Waals surface area (Å²) in [5.74, 6) is 0.633. The summed E-state index contributed by atoms with van der Waals surface area (Å²) in [5, 5.41) is 8.26. The van der Waals surface area contributed by atoms with Crippen LogP contribution in [0.4, 0.5) is 0 Å². The normalized spacial score (nSPS) is 18.1. The number of thioether (sulfide) groups is 1. The Bertz CT molecular complexity index is 349. The number of carboxylic acids is 1. The monoisotopic (exact) mass is 230 g/mol. The number of carboxylic acid groups (broad SMARTS) is 1. The highest BCUT2D eigenvalue weighted by molar-refractivity contribution is 8.02. The van der Waals surface area contributed by atoms with Crippen molar-refractivity contribution in [3.8, 4) is 0 Å². The molecule has 1 fully saturated rings. The molecule has 4 nitrogen and oxygen atoms in total. The minimum Gasteiger partial charge on any atom is -0.480 e. The summed E-state index contributed by atoms with van der Waals surface area (Å²) >= 11 is 2.57. The predicted octanol–water partition coefficient (Wildman–Crippen LogP) is 1.98. The molecule has 1 unspecified atom stereocenters. The molecule has 1 aliphatic carbocycles. The van der Waals surface area contributed by atoms with E-state index in [2.05, 4.69) is 9.36 Å². The van der Waals surface area contributed by atoms with Crippen molar-refractivity contribution < 1.29 is 9.90 Å². The van der Waals surface area contributed by atoms with E-state index in [0.717, 1.165) is 10.2 Å². The smallest absolute Gasteiger partial charge is 0.316 e. The van der Waals surface area contributed by atoms with Crippen LogP contribution < -0.4 is 0 Å². The summed E-state index contributed by atoms with van der Waals surface area (Å²) < 4.78 is 4.97. The van der Waals surface area contributed by atoms with Gasteiger partial charge in [0, 0.05) is 5.92 Å². The second-order valence-electron chi connectivity index (χ2n) is 3.29. The molecule has 1 N–H and O–H groups in total. The first-order valence-corrected chi connectivity index (χ1v) is 6.05. The van der Waals surface area contributed by atoms with Crippen LogP contribution in [0.2, 0.25) is 0 Å². The lowest BCUT2D eigenvalue weighted by Crippen LogP contribution is -2.10. The summed E-state index contributed by atoms with van der Waals surface area (Å²) in [6, 6.07) is 0. The maximum absolute atomic E-state index is 10.6. The van der Waals surface area contributed by atoms with Gasteiger partial charge in [0.05, 0.1) is 0 Å². The van der Waals surface area contributed by atoms with E-state index in [-0.39, 0.29) is 0 Å². The Morgan fingerprint density at radius 2 is 2.43 bits per heavy atom. The van der Waals surface area contributed by atoms with E-state index < -0.39 is 11.2 Å². The van der Waals surface area contributed by atoms with Crippen molar-refractivity contribution >= 4 is 29.3 Å². The molecule has 0 spiro atoms. The fraction of sp³-hybridized carbons (Fsp3) is 0.625. The molecule has 0 bridgehead atoms. The molecule has 6 heteroatoms. The van der Waals surface area contributed by atoms with Crippen molar-refractivity contribution in [1.82, 2.24) is 9.36 Å². The van der Waals surface area contributed by atoms with Crippen molar-refractivity contribution in [2.75, 3.05) is 0 Å². The topological polar surface area (TPSA) is 63.1 Å². The Balaban J connectivity index is 1.98. The minimum absolute atomic E-state index is 0.449. The van der Waals surface area contributed by atoms with Gasteiger partial charge in [-0.25, -0.2) is 4.98 Å². The molecular formula is C8H10N2O2S2. The van der Waals surface area contributed by atoms with Crippen LogP contribution in [0.25, 0.3) is 0 Å². The predicted molar refractivity (Wildman–Crippen MR) is 54.8 cm³/mol. The number of carbonyl (C=O) groups is 1. The van der Waals surface area contributed by atoms with Crippen molar-refractivity contribution in [3.63, 3.8) is 0 Å². The Kier molecular flexibility index (Phi) is 2.73. The molecule has 0 aromatic carbocycles. The van der Waals surface area contributed by atoms with Crippen molar-refractivity contribution in [2.45, 2.75) is 35.3 Å². The van der Waals surface area contributed by atoms with Crippen LogP contribution in [0.5, 0.6) is 0 Å². The Labute approximate surface area is 89.9 Å². The van der Waals surface area contributed by atoms with Crippen LogP contribution in [-0.4, -0.2) is 25.7 Å². The zero-order chi connectivity index (χ0) is 10.1. The number of hydrogen-bond acceptors (Lipinski definition) is 5. The number of aliphatic carboxylic acids is 1. The summed E-state index contributed by atoms with van der Waals surface area (Å²) in [4.78, 5) is 14.9. The molecule has 76 valence electrons.